The van der Waals surface area contributed by atoms with E-state index in [1.54, 1.807) is 13.8 Å². The first-order valence-electron chi connectivity index (χ1n) is 7.53. The molecule has 0 aliphatic carbocycles. The Kier molecular flexibility index (Phi) is 4.65. The Morgan fingerprint density at radius 2 is 1.55 bits per heavy atom. The van der Waals surface area contributed by atoms with Crippen molar-refractivity contribution in [3.05, 3.63) is 0 Å². The molecule has 2 rings (SSSR count). The van der Waals surface area contributed by atoms with E-state index < -0.39 is 5.54 Å². The van der Waals surface area contributed by atoms with Crippen LogP contribution in [-0.4, -0.2) is 78.0 Å². The molecule has 0 saturated carbocycles. The Morgan fingerprint density at radius 3 is 2.00 bits per heavy atom. The molecule has 0 spiro atoms. The van der Waals surface area contributed by atoms with E-state index in [1.165, 1.54) is 11.3 Å². The molecule has 2 aliphatic rings. The first kappa shape index (κ1) is 15.3. The van der Waals surface area contributed by atoms with E-state index in [9.17, 15) is 9.59 Å². The van der Waals surface area contributed by atoms with E-state index in [0.717, 1.165) is 39.3 Å². The number of rotatable bonds is 5. The Labute approximate surface area is 121 Å². The van der Waals surface area contributed by atoms with Gasteiger partial charge < -0.3 is 10.2 Å². The molecule has 3 amide bonds. The van der Waals surface area contributed by atoms with Crippen molar-refractivity contribution in [2.45, 2.75) is 32.7 Å². The highest BCUT2D eigenvalue weighted by Gasteiger charge is 2.43. The van der Waals surface area contributed by atoms with Gasteiger partial charge >= 0.3 is 6.03 Å². The highest BCUT2D eigenvalue weighted by atomic mass is 16.2. The number of hydrogen-bond acceptors (Lipinski definition) is 4. The molecule has 20 heavy (non-hydrogen) atoms. The molecular weight excluding hydrogens is 256 g/mol. The summed E-state index contributed by atoms with van der Waals surface area (Å²) in [5, 5.41) is 2.72. The minimum Gasteiger partial charge on any atom is -0.324 e. The van der Waals surface area contributed by atoms with Crippen molar-refractivity contribution in [1.29, 1.82) is 0 Å². The third-order valence-corrected chi connectivity index (χ3v) is 4.09. The number of piperazine rings is 1. The zero-order valence-electron chi connectivity index (χ0n) is 12.8. The van der Waals surface area contributed by atoms with Gasteiger partial charge in [0.1, 0.15) is 5.54 Å². The Morgan fingerprint density at radius 1 is 1.00 bits per heavy atom. The minimum absolute atomic E-state index is 0.118. The maximum atomic E-state index is 12.1. The van der Waals surface area contributed by atoms with Gasteiger partial charge in [-0.05, 0) is 26.8 Å². The standard InChI is InChI=1S/C14H26N4O2/c1-4-5-16-6-8-17(9-7-16)10-11-18-12(19)14(2,3)15-13(18)20/h4-11H2,1-3H3,(H,15,20). The zero-order chi connectivity index (χ0) is 14.8. The molecule has 0 atom stereocenters. The third-order valence-electron chi connectivity index (χ3n) is 4.09. The van der Waals surface area contributed by atoms with Crippen LogP contribution in [0.1, 0.15) is 27.2 Å². The molecule has 0 aromatic rings. The van der Waals surface area contributed by atoms with Crippen LogP contribution in [0, 0.1) is 0 Å². The average molecular weight is 282 g/mol. The van der Waals surface area contributed by atoms with Crippen molar-refractivity contribution in [3.63, 3.8) is 0 Å². The second-order valence-corrected chi connectivity index (χ2v) is 6.20. The topological polar surface area (TPSA) is 55.9 Å². The van der Waals surface area contributed by atoms with Gasteiger partial charge in [-0.1, -0.05) is 6.92 Å². The monoisotopic (exact) mass is 282 g/mol. The smallest absolute Gasteiger partial charge is 0.324 e. The maximum absolute atomic E-state index is 12.1. The van der Waals surface area contributed by atoms with Crippen molar-refractivity contribution >= 4 is 11.9 Å². The SMILES string of the molecule is CCCN1CCN(CCN2C(=O)NC(C)(C)C2=O)CC1. The van der Waals surface area contributed by atoms with Crippen LogP contribution < -0.4 is 5.32 Å². The van der Waals surface area contributed by atoms with Crippen LogP contribution in [0.15, 0.2) is 0 Å². The van der Waals surface area contributed by atoms with Crippen LogP contribution >= 0.6 is 0 Å². The highest BCUT2D eigenvalue weighted by Crippen LogP contribution is 2.16. The summed E-state index contributed by atoms with van der Waals surface area (Å²) in [6.07, 6.45) is 1.19. The van der Waals surface area contributed by atoms with Gasteiger partial charge in [0.25, 0.3) is 5.91 Å². The molecule has 0 unspecified atom stereocenters. The van der Waals surface area contributed by atoms with Gasteiger partial charge in [-0.15, -0.1) is 0 Å². The van der Waals surface area contributed by atoms with E-state index in [2.05, 4.69) is 22.0 Å². The van der Waals surface area contributed by atoms with Crippen molar-refractivity contribution < 1.29 is 9.59 Å². The first-order chi connectivity index (χ1) is 9.44. The molecular formula is C14H26N4O2. The number of urea groups is 1. The fourth-order valence-electron chi connectivity index (χ4n) is 2.82. The number of imide groups is 1. The maximum Gasteiger partial charge on any atom is 0.325 e. The summed E-state index contributed by atoms with van der Waals surface area (Å²) in [6.45, 7) is 12.3. The molecule has 6 heteroatoms. The van der Waals surface area contributed by atoms with Gasteiger partial charge in [0, 0.05) is 39.3 Å². The van der Waals surface area contributed by atoms with Gasteiger partial charge in [-0.25, -0.2) is 4.79 Å². The van der Waals surface area contributed by atoms with Gasteiger partial charge in [0.2, 0.25) is 0 Å². The molecule has 0 bridgehead atoms. The lowest BCUT2D eigenvalue weighted by atomic mass is 10.1. The summed E-state index contributed by atoms with van der Waals surface area (Å²) >= 11 is 0. The largest absolute Gasteiger partial charge is 0.325 e. The van der Waals surface area contributed by atoms with Gasteiger partial charge in [-0.2, -0.15) is 0 Å². The normalized spacial score (nSPS) is 24.2. The predicted octanol–water partition coefficient (Wildman–Crippen LogP) is 0.344. The van der Waals surface area contributed by atoms with E-state index in [0.29, 0.717) is 6.54 Å². The number of hydrogen-bond donors (Lipinski definition) is 1. The Balaban J connectivity index is 1.77. The van der Waals surface area contributed by atoms with E-state index in [4.69, 9.17) is 0 Å². The molecule has 2 aliphatic heterocycles. The van der Waals surface area contributed by atoms with Crippen LogP contribution in [0.25, 0.3) is 0 Å². The lowest BCUT2D eigenvalue weighted by Crippen LogP contribution is -2.49. The molecule has 0 aromatic carbocycles. The number of carbonyl (C=O) groups is 2. The summed E-state index contributed by atoms with van der Waals surface area (Å²) < 4.78 is 0. The summed E-state index contributed by atoms with van der Waals surface area (Å²) in [5.41, 5.74) is -0.753. The average Bonchev–Trinajstić information content (AvgIpc) is 2.59. The third kappa shape index (κ3) is 3.30. The van der Waals surface area contributed by atoms with Crippen molar-refractivity contribution in [3.8, 4) is 0 Å². The van der Waals surface area contributed by atoms with Crippen molar-refractivity contribution in [2.75, 3.05) is 45.8 Å². The quantitative estimate of drug-likeness (QED) is 0.739. The van der Waals surface area contributed by atoms with Crippen LogP contribution in [0.2, 0.25) is 0 Å². The van der Waals surface area contributed by atoms with Crippen LogP contribution in [0.4, 0.5) is 4.79 Å². The number of nitrogens with zero attached hydrogens (tertiary/aromatic N) is 3. The second-order valence-electron chi connectivity index (χ2n) is 6.20. The fourth-order valence-corrected chi connectivity index (χ4v) is 2.82. The second kappa shape index (κ2) is 6.10. The fraction of sp³-hybridized carbons (Fsp3) is 0.857. The lowest BCUT2D eigenvalue weighted by Gasteiger charge is -2.35. The van der Waals surface area contributed by atoms with Gasteiger partial charge in [0.05, 0.1) is 0 Å². The molecule has 1 N–H and O–H groups in total. The first-order valence-corrected chi connectivity index (χ1v) is 7.53. The molecule has 0 radical (unpaired) electrons. The van der Waals surface area contributed by atoms with Crippen molar-refractivity contribution in [2.24, 2.45) is 0 Å². The number of amides is 3. The Bertz CT molecular complexity index is 375. The summed E-state index contributed by atoms with van der Waals surface area (Å²) in [5.74, 6) is -0.118. The molecule has 2 saturated heterocycles. The van der Waals surface area contributed by atoms with Crippen LogP contribution in [0.3, 0.4) is 0 Å². The van der Waals surface area contributed by atoms with Gasteiger partial charge in [-0.3, -0.25) is 14.6 Å². The number of carbonyl (C=O) groups excluding carboxylic acids is 2. The highest BCUT2D eigenvalue weighted by molar-refractivity contribution is 6.06. The molecule has 2 heterocycles. The molecule has 6 nitrogen and oxygen atoms in total. The zero-order valence-corrected chi connectivity index (χ0v) is 12.8. The van der Waals surface area contributed by atoms with Gasteiger partial charge in [0.15, 0.2) is 0 Å². The van der Waals surface area contributed by atoms with Crippen LogP contribution in [-0.2, 0) is 4.79 Å². The van der Waals surface area contributed by atoms with E-state index in [1.807, 2.05) is 0 Å². The molecule has 2 fully saturated rings. The van der Waals surface area contributed by atoms with Crippen molar-refractivity contribution in [1.82, 2.24) is 20.0 Å². The summed E-state index contributed by atoms with van der Waals surface area (Å²) in [4.78, 5) is 30.0. The van der Waals surface area contributed by atoms with E-state index >= 15 is 0 Å². The Hall–Kier alpha value is -1.14. The summed E-state index contributed by atoms with van der Waals surface area (Å²) in [7, 11) is 0. The van der Waals surface area contributed by atoms with E-state index in [-0.39, 0.29) is 11.9 Å². The molecule has 114 valence electrons. The molecule has 0 aromatic heterocycles. The lowest BCUT2D eigenvalue weighted by molar-refractivity contribution is -0.130. The minimum atomic E-state index is -0.753. The summed E-state index contributed by atoms with van der Waals surface area (Å²) in [6, 6.07) is -0.260. The van der Waals surface area contributed by atoms with Crippen LogP contribution in [0.5, 0.6) is 0 Å². The predicted molar refractivity (Wildman–Crippen MR) is 77.5 cm³/mol. The number of nitrogens with one attached hydrogen (secondary N) is 1.